The molecule has 0 aromatic heterocycles. The first kappa shape index (κ1) is 12.7. The van der Waals surface area contributed by atoms with E-state index in [1.54, 1.807) is 11.8 Å². The van der Waals surface area contributed by atoms with E-state index in [1.807, 2.05) is 0 Å². The second-order valence-electron chi connectivity index (χ2n) is 5.24. The first-order valence-corrected chi connectivity index (χ1v) is 7.43. The Morgan fingerprint density at radius 1 is 1.56 bits per heavy atom. The molecule has 94 valence electrons. The van der Waals surface area contributed by atoms with Crippen LogP contribution in [0, 0.1) is 5.41 Å². The molecule has 0 aromatic rings. The Labute approximate surface area is 102 Å². The summed E-state index contributed by atoms with van der Waals surface area (Å²) in [4.78, 5) is 2.27. The zero-order chi connectivity index (χ0) is 11.6. The van der Waals surface area contributed by atoms with Crippen LogP contribution >= 0.6 is 11.8 Å². The molecule has 1 aliphatic carbocycles. The molecule has 0 aromatic carbocycles. The van der Waals surface area contributed by atoms with Gasteiger partial charge in [0.2, 0.25) is 0 Å². The van der Waals surface area contributed by atoms with Crippen molar-refractivity contribution in [3.8, 4) is 0 Å². The van der Waals surface area contributed by atoms with Crippen LogP contribution < -0.4 is 0 Å². The van der Waals surface area contributed by atoms with Gasteiger partial charge in [-0.05, 0) is 32.4 Å². The van der Waals surface area contributed by atoms with Crippen molar-refractivity contribution in [3.63, 3.8) is 0 Å². The Hall–Kier alpha value is 0.200. The minimum atomic E-state index is -0.596. The molecule has 1 unspecified atom stereocenters. The maximum Gasteiger partial charge on any atom is 0.114 e. The number of halogens is 1. The highest BCUT2D eigenvalue weighted by Gasteiger charge is 2.45. The molecule has 0 N–H and O–H groups in total. The summed E-state index contributed by atoms with van der Waals surface area (Å²) in [5.74, 6) is 0. The van der Waals surface area contributed by atoms with Crippen LogP contribution in [0.4, 0.5) is 4.39 Å². The van der Waals surface area contributed by atoms with Crippen LogP contribution in [-0.2, 0) is 4.74 Å². The van der Waals surface area contributed by atoms with Gasteiger partial charge in [-0.2, -0.15) is 0 Å². The highest BCUT2D eigenvalue weighted by atomic mass is 32.2. The van der Waals surface area contributed by atoms with E-state index in [-0.39, 0.29) is 5.44 Å². The topological polar surface area (TPSA) is 12.5 Å². The molecular weight excluding hydrogens is 225 g/mol. The van der Waals surface area contributed by atoms with Gasteiger partial charge in [0.1, 0.15) is 6.17 Å². The second-order valence-corrected chi connectivity index (χ2v) is 6.37. The van der Waals surface area contributed by atoms with Crippen molar-refractivity contribution in [2.45, 2.75) is 37.8 Å². The van der Waals surface area contributed by atoms with Gasteiger partial charge in [0.05, 0.1) is 12.0 Å². The number of thioether (sulfide) groups is 1. The Balaban J connectivity index is 1.71. The summed E-state index contributed by atoms with van der Waals surface area (Å²) in [5.41, 5.74) is 0.638. The highest BCUT2D eigenvalue weighted by molar-refractivity contribution is 7.99. The van der Waals surface area contributed by atoms with Crippen molar-refractivity contribution in [2.24, 2.45) is 5.41 Å². The first-order chi connectivity index (χ1) is 7.63. The summed E-state index contributed by atoms with van der Waals surface area (Å²) in [5, 5.41) is 0. The molecule has 0 bridgehead atoms. The van der Waals surface area contributed by atoms with E-state index in [4.69, 9.17) is 4.74 Å². The quantitative estimate of drug-likeness (QED) is 0.669. The summed E-state index contributed by atoms with van der Waals surface area (Å²) in [7, 11) is 0. The lowest BCUT2D eigenvalue weighted by molar-refractivity contribution is 0.0659. The summed E-state index contributed by atoms with van der Waals surface area (Å²) in [6, 6.07) is 0. The summed E-state index contributed by atoms with van der Waals surface area (Å²) < 4.78 is 18.9. The van der Waals surface area contributed by atoms with Crippen LogP contribution in [0.5, 0.6) is 0 Å². The fourth-order valence-corrected chi connectivity index (χ4v) is 2.49. The molecule has 1 saturated carbocycles. The second kappa shape index (κ2) is 5.23. The molecule has 2 nitrogen and oxygen atoms in total. The molecule has 0 radical (unpaired) electrons. The number of nitrogens with zero attached hydrogens (tertiary/aromatic N) is 1. The van der Waals surface area contributed by atoms with Crippen molar-refractivity contribution < 1.29 is 9.13 Å². The summed E-state index contributed by atoms with van der Waals surface area (Å²) in [6.45, 7) is 5.55. The molecule has 16 heavy (non-hydrogen) atoms. The smallest absolute Gasteiger partial charge is 0.114 e. The zero-order valence-corrected chi connectivity index (χ0v) is 11.1. The van der Waals surface area contributed by atoms with Crippen LogP contribution in [0.1, 0.15) is 26.2 Å². The number of hydrogen-bond donors (Lipinski definition) is 0. The normalized spacial score (nSPS) is 30.6. The van der Waals surface area contributed by atoms with Crippen molar-refractivity contribution >= 4 is 11.8 Å². The van der Waals surface area contributed by atoms with E-state index in [2.05, 4.69) is 18.1 Å². The molecule has 0 amide bonds. The largest absolute Gasteiger partial charge is 0.367 e. The van der Waals surface area contributed by atoms with Gasteiger partial charge in [0, 0.05) is 25.0 Å². The molecule has 1 heterocycles. The third-order valence-corrected chi connectivity index (χ3v) is 4.49. The molecule has 2 rings (SSSR count). The van der Waals surface area contributed by atoms with E-state index in [1.165, 1.54) is 12.8 Å². The Morgan fingerprint density at radius 2 is 2.31 bits per heavy atom. The van der Waals surface area contributed by atoms with Crippen molar-refractivity contribution in [2.75, 3.05) is 32.5 Å². The summed E-state index contributed by atoms with van der Waals surface area (Å²) in [6.07, 6.45) is 4.70. The molecule has 1 saturated heterocycles. The lowest BCUT2D eigenvalue weighted by Crippen LogP contribution is -2.32. The van der Waals surface area contributed by atoms with Gasteiger partial charge in [-0.25, -0.2) is 4.39 Å². The maximum absolute atomic E-state index is 13.1. The number of rotatable bonds is 6. The number of likely N-dealkylation sites (tertiary alicyclic amines) is 1. The van der Waals surface area contributed by atoms with Gasteiger partial charge < -0.3 is 4.74 Å². The van der Waals surface area contributed by atoms with Gasteiger partial charge >= 0.3 is 0 Å². The van der Waals surface area contributed by atoms with Crippen molar-refractivity contribution in [3.05, 3.63) is 0 Å². The monoisotopic (exact) mass is 247 g/mol. The van der Waals surface area contributed by atoms with E-state index in [0.29, 0.717) is 12.0 Å². The highest BCUT2D eigenvalue weighted by Crippen LogP contribution is 2.47. The minimum absolute atomic E-state index is 0.282. The first-order valence-electron chi connectivity index (χ1n) is 6.14. The third kappa shape index (κ3) is 3.34. The fourth-order valence-electron chi connectivity index (χ4n) is 2.29. The molecule has 0 spiro atoms. The van der Waals surface area contributed by atoms with E-state index < -0.39 is 6.17 Å². The van der Waals surface area contributed by atoms with Gasteiger partial charge in [0.25, 0.3) is 0 Å². The molecule has 2 aliphatic rings. The van der Waals surface area contributed by atoms with Crippen LogP contribution in [0.2, 0.25) is 0 Å². The average Bonchev–Trinajstić information content (AvgIpc) is 2.92. The van der Waals surface area contributed by atoms with Crippen LogP contribution in [-0.4, -0.2) is 49.0 Å². The van der Waals surface area contributed by atoms with Gasteiger partial charge in [-0.3, -0.25) is 4.90 Å². The van der Waals surface area contributed by atoms with Crippen LogP contribution in [0.15, 0.2) is 0 Å². The van der Waals surface area contributed by atoms with Crippen LogP contribution in [0.25, 0.3) is 0 Å². The van der Waals surface area contributed by atoms with Gasteiger partial charge in [0.15, 0.2) is 0 Å². The fraction of sp³-hybridized carbons (Fsp3) is 1.00. The van der Waals surface area contributed by atoms with E-state index in [9.17, 15) is 4.39 Å². The third-order valence-electron chi connectivity index (χ3n) is 3.69. The van der Waals surface area contributed by atoms with E-state index >= 15 is 0 Å². The van der Waals surface area contributed by atoms with Gasteiger partial charge in [-0.15, -0.1) is 11.8 Å². The maximum atomic E-state index is 13.1. The standard InChI is InChI=1S/C12H22FNOS/c1-10(16-2)15-9-12(4-5-12)8-14-6-3-11(13)7-14/h10-11H,3-9H2,1-2H3/t10?,11-/m1/s1. The molecule has 2 fully saturated rings. The molecular formula is C12H22FNOS. The van der Waals surface area contributed by atoms with Crippen molar-refractivity contribution in [1.82, 2.24) is 4.90 Å². The lowest BCUT2D eigenvalue weighted by Gasteiger charge is -2.24. The zero-order valence-electron chi connectivity index (χ0n) is 10.2. The number of alkyl halides is 1. The predicted octanol–water partition coefficient (Wildman–Crippen LogP) is 2.54. The number of hydrogen-bond acceptors (Lipinski definition) is 3. The molecule has 2 atom stereocenters. The summed E-state index contributed by atoms with van der Waals surface area (Å²) >= 11 is 1.74. The molecule has 1 aliphatic heterocycles. The Kier molecular flexibility index (Phi) is 4.14. The lowest BCUT2D eigenvalue weighted by atomic mass is 10.1. The minimum Gasteiger partial charge on any atom is -0.367 e. The van der Waals surface area contributed by atoms with Crippen molar-refractivity contribution in [1.29, 1.82) is 0 Å². The predicted molar refractivity (Wildman–Crippen MR) is 66.5 cm³/mol. The SMILES string of the molecule is CSC(C)OCC1(CN2CC[C@@H](F)C2)CC1. The Morgan fingerprint density at radius 3 is 2.81 bits per heavy atom. The Bertz CT molecular complexity index is 235. The molecule has 4 heteroatoms. The van der Waals surface area contributed by atoms with E-state index in [0.717, 1.165) is 26.1 Å². The van der Waals surface area contributed by atoms with Gasteiger partial charge in [-0.1, -0.05) is 0 Å². The average molecular weight is 247 g/mol. The van der Waals surface area contributed by atoms with Crippen LogP contribution in [0.3, 0.4) is 0 Å². The number of ether oxygens (including phenoxy) is 1.